The molecule has 0 radical (unpaired) electrons. The van der Waals surface area contributed by atoms with Crippen LogP contribution in [-0.2, 0) is 16.1 Å². The average Bonchev–Trinajstić information content (AvgIpc) is 3.32. The molecule has 2 amide bonds. The number of carbonyl (C=O) groups is 2. The summed E-state index contributed by atoms with van der Waals surface area (Å²) in [6, 6.07) is 28.6. The molecule has 2 atom stereocenters. The van der Waals surface area contributed by atoms with Gasteiger partial charge in [0.15, 0.2) is 0 Å². The van der Waals surface area contributed by atoms with E-state index in [1.165, 1.54) is 11.3 Å². The Labute approximate surface area is 213 Å². The molecule has 1 N–H and O–H groups in total. The van der Waals surface area contributed by atoms with Gasteiger partial charge < -0.3 is 15.1 Å². The Hall–Kier alpha value is -3.64. The first kappa shape index (κ1) is 24.1. The number of hydrogen-bond acceptors (Lipinski definition) is 4. The quantitative estimate of drug-likeness (QED) is 0.537. The minimum absolute atomic E-state index is 0.0354. The Morgan fingerprint density at radius 3 is 2.19 bits per heavy atom. The van der Waals surface area contributed by atoms with Crippen LogP contribution in [0, 0.1) is 5.92 Å². The highest BCUT2D eigenvalue weighted by Crippen LogP contribution is 2.29. The average molecular weight is 483 g/mol. The monoisotopic (exact) mass is 482 g/mol. The molecule has 36 heavy (non-hydrogen) atoms. The van der Waals surface area contributed by atoms with Crippen molar-refractivity contribution in [1.82, 2.24) is 9.80 Å². The zero-order valence-corrected chi connectivity index (χ0v) is 20.8. The zero-order chi connectivity index (χ0) is 24.9. The molecule has 3 aromatic rings. The van der Waals surface area contributed by atoms with Gasteiger partial charge in [-0.2, -0.15) is 0 Å². The summed E-state index contributed by atoms with van der Waals surface area (Å²) >= 11 is 0. The third kappa shape index (κ3) is 5.60. The van der Waals surface area contributed by atoms with Crippen molar-refractivity contribution in [1.29, 1.82) is 0 Å². The van der Waals surface area contributed by atoms with E-state index >= 15 is 0 Å². The maximum atomic E-state index is 12.9. The molecule has 5 rings (SSSR count). The first-order valence-corrected chi connectivity index (χ1v) is 12.8. The lowest BCUT2D eigenvalue weighted by atomic mass is 10.1. The topological polar surface area (TPSA) is 55.9 Å². The van der Waals surface area contributed by atoms with E-state index in [-0.39, 0.29) is 30.2 Å². The molecular formula is C30H34N4O2. The Bertz CT molecular complexity index is 1160. The van der Waals surface area contributed by atoms with Crippen molar-refractivity contribution in [2.24, 2.45) is 5.92 Å². The van der Waals surface area contributed by atoms with E-state index in [0.29, 0.717) is 6.54 Å². The van der Waals surface area contributed by atoms with Gasteiger partial charge in [0, 0.05) is 57.1 Å². The van der Waals surface area contributed by atoms with Crippen LogP contribution >= 0.6 is 0 Å². The van der Waals surface area contributed by atoms with Crippen LogP contribution in [0.15, 0.2) is 84.9 Å². The summed E-state index contributed by atoms with van der Waals surface area (Å²) in [5, 5.41) is 3.02. The van der Waals surface area contributed by atoms with Crippen LogP contribution in [-0.4, -0.2) is 54.3 Å². The van der Waals surface area contributed by atoms with Crippen LogP contribution < -0.4 is 10.2 Å². The smallest absolute Gasteiger partial charge is 0.229 e. The maximum absolute atomic E-state index is 12.9. The first-order chi connectivity index (χ1) is 17.6. The maximum Gasteiger partial charge on any atom is 0.229 e. The molecule has 0 saturated carbocycles. The normalized spacial score (nSPS) is 19.4. The van der Waals surface area contributed by atoms with E-state index in [2.05, 4.69) is 57.6 Å². The van der Waals surface area contributed by atoms with Crippen molar-refractivity contribution in [2.75, 3.05) is 42.9 Å². The molecule has 2 heterocycles. The lowest BCUT2D eigenvalue weighted by Crippen LogP contribution is -2.45. The summed E-state index contributed by atoms with van der Waals surface area (Å²) in [5.41, 5.74) is 4.38. The van der Waals surface area contributed by atoms with Gasteiger partial charge in [-0.25, -0.2) is 0 Å². The minimum atomic E-state index is -0.332. The number of piperazine rings is 1. The highest BCUT2D eigenvalue weighted by molar-refractivity contribution is 5.97. The summed E-state index contributed by atoms with van der Waals surface area (Å²) in [4.78, 5) is 32.3. The Kier molecular flexibility index (Phi) is 7.33. The molecule has 2 fully saturated rings. The van der Waals surface area contributed by atoms with E-state index < -0.39 is 0 Å². The number of rotatable bonds is 7. The molecular weight excluding hydrogens is 448 g/mol. The standard InChI is InChI=1S/C30H34N4O2/c1-23(25-10-6-3-7-11-25)34-22-26(20-29(34)35)30(36)31-27-12-14-28(15-13-27)33-18-16-32(17-19-33)21-24-8-4-2-5-9-24/h2-15,23,26H,16-22H2,1H3,(H,31,36). The number of benzene rings is 3. The Balaban J connectivity index is 1.12. The summed E-state index contributed by atoms with van der Waals surface area (Å²) in [7, 11) is 0. The number of amides is 2. The van der Waals surface area contributed by atoms with Gasteiger partial charge in [0.1, 0.15) is 0 Å². The molecule has 2 saturated heterocycles. The lowest BCUT2D eigenvalue weighted by Gasteiger charge is -2.36. The molecule has 2 aliphatic heterocycles. The number of nitrogens with zero attached hydrogens (tertiary/aromatic N) is 3. The highest BCUT2D eigenvalue weighted by Gasteiger charge is 2.37. The zero-order valence-electron chi connectivity index (χ0n) is 20.8. The number of hydrogen-bond donors (Lipinski definition) is 1. The van der Waals surface area contributed by atoms with Crippen molar-refractivity contribution in [3.63, 3.8) is 0 Å². The number of carbonyl (C=O) groups excluding carboxylic acids is 2. The first-order valence-electron chi connectivity index (χ1n) is 12.8. The fraction of sp³-hybridized carbons (Fsp3) is 0.333. The molecule has 0 aromatic heterocycles. The summed E-state index contributed by atoms with van der Waals surface area (Å²) in [6.07, 6.45) is 0.258. The van der Waals surface area contributed by atoms with Gasteiger partial charge in [0.05, 0.1) is 12.0 Å². The number of likely N-dealkylation sites (tertiary alicyclic amines) is 1. The van der Waals surface area contributed by atoms with Crippen molar-refractivity contribution >= 4 is 23.2 Å². The SMILES string of the molecule is CC(c1ccccc1)N1CC(C(=O)Nc2ccc(N3CCN(Cc4ccccc4)CC3)cc2)CC1=O. The molecule has 186 valence electrons. The second-order valence-corrected chi connectivity index (χ2v) is 9.82. The van der Waals surface area contributed by atoms with Gasteiger partial charge in [-0.3, -0.25) is 14.5 Å². The molecule has 0 aliphatic carbocycles. The van der Waals surface area contributed by atoms with Crippen molar-refractivity contribution in [3.8, 4) is 0 Å². The predicted octanol–water partition coefficient (Wildman–Crippen LogP) is 4.56. The Morgan fingerprint density at radius 2 is 1.53 bits per heavy atom. The van der Waals surface area contributed by atoms with Gasteiger partial charge in [-0.1, -0.05) is 60.7 Å². The second kappa shape index (κ2) is 11.0. The van der Waals surface area contributed by atoms with Crippen LogP contribution in [0.2, 0.25) is 0 Å². The molecule has 2 unspecified atom stereocenters. The Morgan fingerprint density at radius 1 is 0.889 bits per heavy atom. The number of anilines is 2. The van der Waals surface area contributed by atoms with Crippen LogP contribution in [0.1, 0.15) is 30.5 Å². The largest absolute Gasteiger partial charge is 0.369 e. The van der Waals surface area contributed by atoms with Crippen LogP contribution in [0.25, 0.3) is 0 Å². The van der Waals surface area contributed by atoms with E-state index in [0.717, 1.165) is 44.0 Å². The summed E-state index contributed by atoms with van der Waals surface area (Å²) in [6.45, 7) is 7.49. The summed E-state index contributed by atoms with van der Waals surface area (Å²) in [5.74, 6) is -0.386. The molecule has 6 nitrogen and oxygen atoms in total. The fourth-order valence-electron chi connectivity index (χ4n) is 5.20. The molecule has 0 spiro atoms. The molecule has 0 bridgehead atoms. The van der Waals surface area contributed by atoms with Gasteiger partial charge >= 0.3 is 0 Å². The molecule has 2 aliphatic rings. The second-order valence-electron chi connectivity index (χ2n) is 9.82. The fourth-order valence-corrected chi connectivity index (χ4v) is 5.20. The minimum Gasteiger partial charge on any atom is -0.369 e. The van der Waals surface area contributed by atoms with Gasteiger partial charge in [0.2, 0.25) is 11.8 Å². The highest BCUT2D eigenvalue weighted by atomic mass is 16.2. The summed E-state index contributed by atoms with van der Waals surface area (Å²) < 4.78 is 0. The molecule has 6 heteroatoms. The van der Waals surface area contributed by atoms with Gasteiger partial charge in [-0.05, 0) is 42.3 Å². The van der Waals surface area contributed by atoms with Crippen LogP contribution in [0.5, 0.6) is 0 Å². The van der Waals surface area contributed by atoms with E-state index in [9.17, 15) is 9.59 Å². The third-order valence-electron chi connectivity index (χ3n) is 7.40. The van der Waals surface area contributed by atoms with Gasteiger partial charge in [-0.15, -0.1) is 0 Å². The predicted molar refractivity (Wildman–Crippen MR) is 144 cm³/mol. The number of nitrogens with one attached hydrogen (secondary N) is 1. The van der Waals surface area contributed by atoms with Crippen molar-refractivity contribution < 1.29 is 9.59 Å². The van der Waals surface area contributed by atoms with Crippen LogP contribution in [0.3, 0.4) is 0 Å². The van der Waals surface area contributed by atoms with Crippen molar-refractivity contribution in [2.45, 2.75) is 25.9 Å². The van der Waals surface area contributed by atoms with Crippen LogP contribution in [0.4, 0.5) is 11.4 Å². The van der Waals surface area contributed by atoms with E-state index in [1.807, 2.05) is 54.3 Å². The third-order valence-corrected chi connectivity index (χ3v) is 7.40. The lowest BCUT2D eigenvalue weighted by molar-refractivity contribution is -0.129. The van der Waals surface area contributed by atoms with E-state index in [1.54, 1.807) is 0 Å². The molecule has 3 aromatic carbocycles. The van der Waals surface area contributed by atoms with Gasteiger partial charge in [0.25, 0.3) is 0 Å². The van der Waals surface area contributed by atoms with E-state index in [4.69, 9.17) is 0 Å². The van der Waals surface area contributed by atoms with Crippen molar-refractivity contribution in [3.05, 3.63) is 96.1 Å².